The Morgan fingerprint density at radius 3 is 2.71 bits per heavy atom. The molecule has 1 aromatic heterocycles. The van der Waals surface area contributed by atoms with Crippen LogP contribution in [0.4, 0.5) is 0 Å². The highest BCUT2D eigenvalue weighted by Gasteiger charge is 2.20. The van der Waals surface area contributed by atoms with Crippen molar-refractivity contribution in [1.82, 2.24) is 10.2 Å². The average molecular weight is 288 g/mol. The van der Waals surface area contributed by atoms with E-state index in [9.17, 15) is 9.59 Å². The van der Waals surface area contributed by atoms with Crippen LogP contribution >= 0.6 is 0 Å². The molecule has 0 radical (unpaired) electrons. The van der Waals surface area contributed by atoms with Gasteiger partial charge in [-0.2, -0.15) is 0 Å². The molecular weight excluding hydrogens is 268 g/mol. The number of rotatable bonds is 4. The number of carbonyl (C=O) groups excluding carboxylic acids is 2. The van der Waals surface area contributed by atoms with E-state index < -0.39 is 0 Å². The number of amides is 2. The predicted octanol–water partition coefficient (Wildman–Crippen LogP) is 2.34. The molecule has 21 heavy (non-hydrogen) atoms. The third kappa shape index (κ3) is 3.24. The summed E-state index contributed by atoms with van der Waals surface area (Å²) >= 11 is 0. The fourth-order valence-corrected chi connectivity index (χ4v) is 2.22. The van der Waals surface area contributed by atoms with Crippen LogP contribution in [0.2, 0.25) is 0 Å². The largest absolute Gasteiger partial charge is 0.461 e. The topological polar surface area (TPSA) is 62.6 Å². The van der Waals surface area contributed by atoms with Gasteiger partial charge in [0.1, 0.15) is 11.3 Å². The van der Waals surface area contributed by atoms with Crippen LogP contribution in [0.5, 0.6) is 0 Å². The van der Waals surface area contributed by atoms with E-state index in [4.69, 9.17) is 4.42 Å². The molecule has 0 saturated carbocycles. The maximum absolute atomic E-state index is 12.5. The van der Waals surface area contributed by atoms with Gasteiger partial charge in [0.15, 0.2) is 0 Å². The molecule has 1 N–H and O–H groups in total. The molecule has 1 heterocycles. The van der Waals surface area contributed by atoms with Crippen molar-refractivity contribution in [1.29, 1.82) is 0 Å². The number of fused-ring (bicyclic) bond motifs is 1. The highest BCUT2D eigenvalue weighted by atomic mass is 16.3. The van der Waals surface area contributed by atoms with Crippen LogP contribution in [0.15, 0.2) is 28.7 Å². The fourth-order valence-electron chi connectivity index (χ4n) is 2.22. The van der Waals surface area contributed by atoms with Gasteiger partial charge in [-0.1, -0.05) is 0 Å². The zero-order valence-corrected chi connectivity index (χ0v) is 12.8. The van der Waals surface area contributed by atoms with Crippen molar-refractivity contribution < 1.29 is 14.0 Å². The zero-order chi connectivity index (χ0) is 15.6. The molecule has 0 aliphatic rings. The van der Waals surface area contributed by atoms with E-state index in [0.29, 0.717) is 5.56 Å². The lowest BCUT2D eigenvalue weighted by atomic mass is 10.1. The third-order valence-corrected chi connectivity index (χ3v) is 3.63. The minimum atomic E-state index is -0.167. The molecule has 5 heteroatoms. The van der Waals surface area contributed by atoms with E-state index in [1.165, 1.54) is 0 Å². The second kappa shape index (κ2) is 5.99. The predicted molar refractivity (Wildman–Crippen MR) is 81.2 cm³/mol. The van der Waals surface area contributed by atoms with Crippen LogP contribution in [0.3, 0.4) is 0 Å². The Bertz CT molecular complexity index is 675. The van der Waals surface area contributed by atoms with Crippen LogP contribution in [0.25, 0.3) is 11.0 Å². The summed E-state index contributed by atoms with van der Waals surface area (Å²) in [6, 6.07) is 7.10. The van der Waals surface area contributed by atoms with Crippen molar-refractivity contribution in [3.8, 4) is 0 Å². The van der Waals surface area contributed by atoms with Crippen molar-refractivity contribution in [2.75, 3.05) is 14.1 Å². The number of nitrogens with one attached hydrogen (secondary N) is 1. The first-order valence-electron chi connectivity index (χ1n) is 6.90. The molecule has 1 aromatic carbocycles. The van der Waals surface area contributed by atoms with Gasteiger partial charge in [0, 0.05) is 37.5 Å². The van der Waals surface area contributed by atoms with Gasteiger partial charge in [0.2, 0.25) is 5.91 Å². The van der Waals surface area contributed by atoms with Gasteiger partial charge in [-0.3, -0.25) is 9.59 Å². The number of furan rings is 1. The lowest BCUT2D eigenvalue weighted by molar-refractivity contribution is -0.121. The molecule has 0 unspecified atom stereocenters. The monoisotopic (exact) mass is 288 g/mol. The molecule has 2 aromatic rings. The summed E-state index contributed by atoms with van der Waals surface area (Å²) in [6.07, 6.45) is 0.284. The molecule has 0 saturated heterocycles. The number of hydrogen-bond acceptors (Lipinski definition) is 3. The minimum Gasteiger partial charge on any atom is -0.461 e. The highest BCUT2D eigenvalue weighted by molar-refractivity contribution is 5.98. The molecule has 1 atom stereocenters. The molecule has 2 amide bonds. The minimum absolute atomic E-state index is 0.0805. The smallest absolute Gasteiger partial charge is 0.253 e. The summed E-state index contributed by atoms with van der Waals surface area (Å²) in [5, 5.41) is 3.48. The summed E-state index contributed by atoms with van der Waals surface area (Å²) in [7, 11) is 3.30. The first kappa shape index (κ1) is 15.1. The van der Waals surface area contributed by atoms with Crippen molar-refractivity contribution in [3.63, 3.8) is 0 Å². The van der Waals surface area contributed by atoms with Crippen molar-refractivity contribution >= 4 is 22.8 Å². The second-order valence-corrected chi connectivity index (χ2v) is 5.25. The van der Waals surface area contributed by atoms with Crippen LogP contribution in [-0.4, -0.2) is 36.9 Å². The molecule has 112 valence electrons. The van der Waals surface area contributed by atoms with E-state index >= 15 is 0 Å². The molecule has 0 fully saturated rings. The fraction of sp³-hybridized carbons (Fsp3) is 0.375. The molecule has 0 aliphatic carbocycles. The Labute approximate surface area is 123 Å². The summed E-state index contributed by atoms with van der Waals surface area (Å²) in [4.78, 5) is 25.5. The van der Waals surface area contributed by atoms with Crippen LogP contribution in [-0.2, 0) is 4.79 Å². The number of benzene rings is 1. The van der Waals surface area contributed by atoms with Gasteiger partial charge in [-0.15, -0.1) is 0 Å². The Morgan fingerprint density at radius 1 is 1.33 bits per heavy atom. The first-order valence-corrected chi connectivity index (χ1v) is 6.90. The van der Waals surface area contributed by atoms with Crippen LogP contribution < -0.4 is 5.32 Å². The quantitative estimate of drug-likeness (QED) is 0.939. The second-order valence-electron chi connectivity index (χ2n) is 5.25. The maximum Gasteiger partial charge on any atom is 0.253 e. The van der Waals surface area contributed by atoms with Gasteiger partial charge >= 0.3 is 0 Å². The summed E-state index contributed by atoms with van der Waals surface area (Å²) < 4.78 is 5.50. The summed E-state index contributed by atoms with van der Waals surface area (Å²) in [5.41, 5.74) is 1.36. The van der Waals surface area contributed by atoms with Gasteiger partial charge in [0.25, 0.3) is 5.91 Å². The van der Waals surface area contributed by atoms with Gasteiger partial charge in [-0.05, 0) is 38.1 Å². The molecule has 0 spiro atoms. The number of aryl methyl sites for hydroxylation is 1. The number of carbonyl (C=O) groups is 2. The zero-order valence-electron chi connectivity index (χ0n) is 12.8. The van der Waals surface area contributed by atoms with Crippen molar-refractivity contribution in [2.45, 2.75) is 26.3 Å². The normalized spacial score (nSPS) is 12.2. The first-order chi connectivity index (χ1) is 9.92. The average Bonchev–Trinajstić information content (AvgIpc) is 2.84. The Morgan fingerprint density at radius 2 is 2.05 bits per heavy atom. The molecule has 2 rings (SSSR count). The Hall–Kier alpha value is -2.30. The lowest BCUT2D eigenvalue weighted by Gasteiger charge is -2.24. The van der Waals surface area contributed by atoms with E-state index in [-0.39, 0.29) is 24.3 Å². The summed E-state index contributed by atoms with van der Waals surface area (Å²) in [5.74, 6) is 0.631. The van der Waals surface area contributed by atoms with Crippen LogP contribution in [0.1, 0.15) is 29.5 Å². The van der Waals surface area contributed by atoms with Crippen LogP contribution in [0, 0.1) is 6.92 Å². The molecule has 0 bridgehead atoms. The SMILES string of the molecule is CNC(=O)C[C@H](C)N(C)C(=O)c1ccc2oc(C)cc2c1. The lowest BCUT2D eigenvalue weighted by Crippen LogP contribution is -2.38. The van der Waals surface area contributed by atoms with Gasteiger partial charge < -0.3 is 14.6 Å². The van der Waals surface area contributed by atoms with E-state index in [1.54, 1.807) is 31.1 Å². The molecule has 0 aliphatic heterocycles. The number of nitrogens with zero attached hydrogens (tertiary/aromatic N) is 1. The van der Waals surface area contributed by atoms with E-state index in [2.05, 4.69) is 5.32 Å². The van der Waals surface area contributed by atoms with Crippen molar-refractivity contribution in [3.05, 3.63) is 35.6 Å². The van der Waals surface area contributed by atoms with Gasteiger partial charge in [-0.25, -0.2) is 0 Å². The summed E-state index contributed by atoms with van der Waals surface area (Å²) in [6.45, 7) is 3.73. The standard InChI is InChI=1S/C16H20N2O3/c1-10(7-15(19)17-3)18(4)16(20)12-5-6-14-13(9-12)8-11(2)21-14/h5-6,8-10H,7H2,1-4H3,(H,17,19)/t10-/m0/s1. The number of hydrogen-bond donors (Lipinski definition) is 1. The Balaban J connectivity index is 2.18. The molecular formula is C16H20N2O3. The third-order valence-electron chi connectivity index (χ3n) is 3.63. The van der Waals surface area contributed by atoms with E-state index in [0.717, 1.165) is 16.7 Å². The van der Waals surface area contributed by atoms with Gasteiger partial charge in [0.05, 0.1) is 0 Å². The van der Waals surface area contributed by atoms with Crippen molar-refractivity contribution in [2.24, 2.45) is 0 Å². The van der Waals surface area contributed by atoms with E-state index in [1.807, 2.05) is 26.0 Å². The Kier molecular flexibility index (Phi) is 4.31. The highest BCUT2D eigenvalue weighted by Crippen LogP contribution is 2.21. The molecule has 5 nitrogen and oxygen atoms in total. The maximum atomic E-state index is 12.5.